The number of rotatable bonds is 4. The maximum atomic E-state index is 13.6. The quantitative estimate of drug-likeness (QED) is 0.613. The van der Waals surface area contributed by atoms with Crippen molar-refractivity contribution in [2.75, 3.05) is 15.8 Å². The van der Waals surface area contributed by atoms with E-state index in [-0.39, 0.29) is 30.0 Å². The van der Waals surface area contributed by atoms with Crippen molar-refractivity contribution in [1.29, 1.82) is 0 Å². The second kappa shape index (κ2) is 7.09. The molecule has 31 heavy (non-hydrogen) atoms. The van der Waals surface area contributed by atoms with Crippen molar-refractivity contribution in [2.45, 2.75) is 37.8 Å². The monoisotopic (exact) mass is 440 g/mol. The van der Waals surface area contributed by atoms with E-state index >= 15 is 0 Å². The Labute approximate surface area is 179 Å². The molecule has 0 bridgehead atoms. The Hall–Kier alpha value is -3.40. The number of carbonyl (C=O) groups excluding carboxylic acids is 1. The molecule has 10 heteroatoms. The zero-order chi connectivity index (χ0) is 21.8. The summed E-state index contributed by atoms with van der Waals surface area (Å²) in [6.07, 6.45) is 0.644. The lowest BCUT2D eigenvalue weighted by atomic mass is 10.1. The zero-order valence-corrected chi connectivity index (χ0v) is 17.8. The van der Waals surface area contributed by atoms with Crippen molar-refractivity contribution in [2.24, 2.45) is 0 Å². The van der Waals surface area contributed by atoms with E-state index in [0.717, 1.165) is 5.56 Å². The zero-order valence-electron chi connectivity index (χ0n) is 17.0. The van der Waals surface area contributed by atoms with Crippen LogP contribution in [0.5, 0.6) is 5.75 Å². The molecule has 1 amide bonds. The molecule has 0 N–H and O–H groups in total. The van der Waals surface area contributed by atoms with Crippen LogP contribution < -0.4 is 13.9 Å². The average molecular weight is 440 g/mol. The topological polar surface area (TPSA) is 106 Å². The van der Waals surface area contributed by atoms with Crippen LogP contribution in [-0.4, -0.2) is 37.1 Å². The molecule has 2 aliphatic heterocycles. The predicted octanol–water partition coefficient (Wildman–Crippen LogP) is 2.44. The molecule has 0 saturated carbocycles. The van der Waals surface area contributed by atoms with Gasteiger partial charge in [0.1, 0.15) is 5.75 Å². The molecule has 0 aliphatic carbocycles. The molecular formula is C21H20N4O5S. The van der Waals surface area contributed by atoms with Gasteiger partial charge in [-0.15, -0.1) is 0 Å². The van der Waals surface area contributed by atoms with Gasteiger partial charge in [0.2, 0.25) is 5.89 Å². The lowest BCUT2D eigenvalue weighted by Crippen LogP contribution is -2.39. The van der Waals surface area contributed by atoms with Crippen molar-refractivity contribution in [1.82, 2.24) is 10.1 Å². The highest BCUT2D eigenvalue weighted by Crippen LogP contribution is 2.40. The molecule has 2 aliphatic rings. The van der Waals surface area contributed by atoms with Crippen molar-refractivity contribution in [3.63, 3.8) is 0 Å². The number of hydrogen-bond donors (Lipinski definition) is 0. The molecular weight excluding hydrogens is 420 g/mol. The van der Waals surface area contributed by atoms with E-state index in [0.29, 0.717) is 35.3 Å². The first-order chi connectivity index (χ1) is 14.8. The van der Waals surface area contributed by atoms with Gasteiger partial charge in [-0.1, -0.05) is 23.4 Å². The molecule has 3 heterocycles. The third kappa shape index (κ3) is 3.23. The second-order valence-corrected chi connectivity index (χ2v) is 9.43. The van der Waals surface area contributed by atoms with Crippen LogP contribution in [0.3, 0.4) is 0 Å². The fourth-order valence-corrected chi connectivity index (χ4v) is 5.79. The number of para-hydroxylation sites is 1. The molecule has 5 rings (SSSR count). The van der Waals surface area contributed by atoms with Gasteiger partial charge in [0, 0.05) is 13.0 Å². The normalized spacial score (nSPS) is 18.0. The summed E-state index contributed by atoms with van der Waals surface area (Å²) in [5, 5.41) is 3.84. The molecule has 1 aromatic heterocycles. The van der Waals surface area contributed by atoms with Crippen LogP contribution in [0.2, 0.25) is 0 Å². The van der Waals surface area contributed by atoms with Crippen LogP contribution in [0.4, 0.5) is 11.4 Å². The maximum Gasteiger partial charge on any atom is 0.265 e. The van der Waals surface area contributed by atoms with Crippen LogP contribution in [0.25, 0.3) is 0 Å². The Balaban J connectivity index is 1.55. The standard InChI is InChI=1S/C21H20N4O5S/c1-13-9-15-5-3-4-6-17(15)25(13)31(27,28)16-7-8-19-18(10-16)24(21(26)12-29-19)11-20-22-14(2)30-23-20/h3-8,10,13H,9,11-12H2,1-2H3/t13-/m1/s1. The second-order valence-electron chi connectivity index (χ2n) is 7.61. The summed E-state index contributed by atoms with van der Waals surface area (Å²) in [5.74, 6) is 0.820. The number of aryl methyl sites for hydroxylation is 1. The van der Waals surface area contributed by atoms with E-state index in [1.54, 1.807) is 13.0 Å². The number of benzene rings is 2. The summed E-state index contributed by atoms with van der Waals surface area (Å²) in [6, 6.07) is 11.8. The summed E-state index contributed by atoms with van der Waals surface area (Å²) in [4.78, 5) is 18.2. The summed E-state index contributed by atoms with van der Waals surface area (Å²) in [6.45, 7) is 3.45. The summed E-state index contributed by atoms with van der Waals surface area (Å²) in [7, 11) is -3.85. The van der Waals surface area contributed by atoms with Crippen LogP contribution >= 0.6 is 0 Å². The smallest absolute Gasteiger partial charge is 0.265 e. The van der Waals surface area contributed by atoms with Gasteiger partial charge < -0.3 is 9.26 Å². The number of amides is 1. The summed E-state index contributed by atoms with van der Waals surface area (Å²) < 4.78 is 39.1. The molecule has 0 fully saturated rings. The molecule has 0 spiro atoms. The van der Waals surface area contributed by atoms with Crippen LogP contribution in [0, 0.1) is 6.92 Å². The molecule has 9 nitrogen and oxygen atoms in total. The Morgan fingerprint density at radius 3 is 2.74 bits per heavy atom. The van der Waals surface area contributed by atoms with Crippen LogP contribution in [-0.2, 0) is 27.8 Å². The number of fused-ring (bicyclic) bond motifs is 2. The minimum Gasteiger partial charge on any atom is -0.482 e. The van der Waals surface area contributed by atoms with E-state index in [2.05, 4.69) is 10.1 Å². The number of anilines is 2. The first kappa shape index (κ1) is 19.6. The van der Waals surface area contributed by atoms with E-state index in [1.165, 1.54) is 21.3 Å². The Bertz CT molecular complexity index is 1290. The largest absolute Gasteiger partial charge is 0.482 e. The van der Waals surface area contributed by atoms with E-state index < -0.39 is 10.0 Å². The van der Waals surface area contributed by atoms with Crippen LogP contribution in [0.1, 0.15) is 24.2 Å². The van der Waals surface area contributed by atoms with Crippen molar-refractivity contribution in [3.05, 3.63) is 59.7 Å². The fraction of sp³-hybridized carbons (Fsp3) is 0.286. The average Bonchev–Trinajstić information content (AvgIpc) is 3.31. The van der Waals surface area contributed by atoms with Gasteiger partial charge in [-0.25, -0.2) is 8.42 Å². The first-order valence-corrected chi connectivity index (χ1v) is 11.3. The number of ether oxygens (including phenoxy) is 1. The van der Waals surface area contributed by atoms with Gasteiger partial charge in [-0.2, -0.15) is 4.98 Å². The number of nitrogens with zero attached hydrogens (tertiary/aromatic N) is 4. The molecule has 0 unspecified atom stereocenters. The van der Waals surface area contributed by atoms with E-state index in [4.69, 9.17) is 9.26 Å². The Morgan fingerprint density at radius 2 is 1.97 bits per heavy atom. The third-order valence-corrected chi connectivity index (χ3v) is 7.37. The lowest BCUT2D eigenvalue weighted by Gasteiger charge is -2.30. The maximum absolute atomic E-state index is 13.6. The molecule has 0 saturated heterocycles. The van der Waals surface area contributed by atoms with E-state index in [9.17, 15) is 13.2 Å². The Morgan fingerprint density at radius 1 is 1.16 bits per heavy atom. The number of carbonyl (C=O) groups is 1. The third-order valence-electron chi connectivity index (χ3n) is 5.44. The molecule has 3 aromatic rings. The fourth-order valence-electron chi connectivity index (χ4n) is 4.08. The van der Waals surface area contributed by atoms with Crippen molar-refractivity contribution < 1.29 is 22.5 Å². The molecule has 1 atom stereocenters. The Kier molecular flexibility index (Phi) is 4.47. The van der Waals surface area contributed by atoms with Gasteiger partial charge in [0.25, 0.3) is 15.9 Å². The predicted molar refractivity (Wildman–Crippen MR) is 111 cm³/mol. The summed E-state index contributed by atoms with van der Waals surface area (Å²) >= 11 is 0. The van der Waals surface area contributed by atoms with Crippen molar-refractivity contribution in [3.8, 4) is 5.75 Å². The highest BCUT2D eigenvalue weighted by Gasteiger charge is 2.37. The highest BCUT2D eigenvalue weighted by atomic mass is 32.2. The summed E-state index contributed by atoms with van der Waals surface area (Å²) in [5.41, 5.74) is 2.03. The first-order valence-electron chi connectivity index (χ1n) is 9.83. The van der Waals surface area contributed by atoms with Gasteiger partial charge in [-0.3, -0.25) is 14.0 Å². The van der Waals surface area contributed by atoms with Crippen LogP contribution in [0.15, 0.2) is 51.9 Å². The van der Waals surface area contributed by atoms with Gasteiger partial charge >= 0.3 is 0 Å². The van der Waals surface area contributed by atoms with Gasteiger partial charge in [0.15, 0.2) is 12.4 Å². The number of hydrogen-bond acceptors (Lipinski definition) is 7. The molecule has 0 radical (unpaired) electrons. The van der Waals surface area contributed by atoms with Gasteiger partial charge in [-0.05, 0) is 43.2 Å². The number of aromatic nitrogens is 2. The molecule has 2 aromatic carbocycles. The van der Waals surface area contributed by atoms with Gasteiger partial charge in [0.05, 0.1) is 22.8 Å². The SMILES string of the molecule is Cc1nc(CN2C(=O)COc3ccc(S(=O)(=O)N4c5ccccc5C[C@H]4C)cc32)no1. The van der Waals surface area contributed by atoms with E-state index in [1.807, 2.05) is 31.2 Å². The minimum absolute atomic E-state index is 0.0545. The number of sulfonamides is 1. The molecule has 160 valence electrons. The lowest BCUT2D eigenvalue weighted by molar-refractivity contribution is -0.121. The minimum atomic E-state index is -3.85. The highest BCUT2D eigenvalue weighted by molar-refractivity contribution is 7.92. The van der Waals surface area contributed by atoms with Crippen molar-refractivity contribution >= 4 is 27.3 Å².